The number of aromatic amines is 1. The van der Waals surface area contributed by atoms with E-state index in [4.69, 9.17) is 16.1 Å². The van der Waals surface area contributed by atoms with Gasteiger partial charge in [-0.05, 0) is 12.8 Å². The lowest BCUT2D eigenvalue weighted by Crippen LogP contribution is -2.07. The van der Waals surface area contributed by atoms with Crippen LogP contribution in [0.25, 0.3) is 0 Å². The van der Waals surface area contributed by atoms with E-state index in [1.54, 1.807) is 0 Å². The van der Waals surface area contributed by atoms with Gasteiger partial charge in [-0.2, -0.15) is 10.4 Å². The van der Waals surface area contributed by atoms with Crippen LogP contribution in [-0.4, -0.2) is 37.8 Å². The highest BCUT2D eigenvalue weighted by Crippen LogP contribution is 2.13. The van der Waals surface area contributed by atoms with Crippen LogP contribution in [0, 0.1) is 11.3 Å². The number of aromatic carboxylic acids is 1. The fraction of sp³-hybridized carbons (Fsp3) is 0.250. The first-order valence-corrected chi connectivity index (χ1v) is 6.14. The first-order valence-electron chi connectivity index (χ1n) is 6.14. The van der Waals surface area contributed by atoms with Crippen molar-refractivity contribution in [1.82, 2.24) is 20.2 Å². The molecule has 2 aromatic heterocycles. The van der Waals surface area contributed by atoms with E-state index >= 15 is 0 Å². The molecule has 0 aromatic carbocycles. The fourth-order valence-electron chi connectivity index (χ4n) is 1.71. The summed E-state index contributed by atoms with van der Waals surface area (Å²) in [7, 11) is 0. The van der Waals surface area contributed by atoms with E-state index in [0.717, 1.165) is 6.42 Å². The number of nitriles is 1. The van der Waals surface area contributed by atoms with E-state index in [0.29, 0.717) is 30.0 Å². The van der Waals surface area contributed by atoms with E-state index in [1.165, 1.54) is 12.4 Å². The van der Waals surface area contributed by atoms with Gasteiger partial charge in [-0.25, -0.2) is 14.8 Å². The smallest absolute Gasteiger partial charge is 0.356 e. The molecule has 0 aliphatic rings. The van der Waals surface area contributed by atoms with Crippen LogP contribution in [0.2, 0.25) is 0 Å². The van der Waals surface area contributed by atoms with E-state index in [9.17, 15) is 4.79 Å². The number of aromatic nitrogens is 4. The maximum absolute atomic E-state index is 10.6. The maximum Gasteiger partial charge on any atom is 0.356 e. The Bertz CT molecular complexity index is 672. The van der Waals surface area contributed by atoms with Gasteiger partial charge in [-0.15, -0.1) is 0 Å². The third-order valence-electron chi connectivity index (χ3n) is 2.76. The average Bonchev–Trinajstić information content (AvgIpc) is 2.84. The van der Waals surface area contributed by atoms with Crippen LogP contribution >= 0.6 is 0 Å². The summed E-state index contributed by atoms with van der Waals surface area (Å²) in [5.74, 6) is -0.421. The zero-order valence-electron chi connectivity index (χ0n) is 11.0. The Labute approximate surface area is 119 Å². The lowest BCUT2D eigenvalue weighted by Gasteiger charge is -2.04. The number of rotatable bonds is 6. The molecule has 0 saturated heterocycles. The number of hydrogen-bond donors (Lipinski definition) is 4. The molecule has 0 unspecified atom stereocenters. The molecule has 2 aromatic rings. The molecule has 2 heterocycles. The van der Waals surface area contributed by atoms with Crippen molar-refractivity contribution in [1.29, 1.82) is 5.26 Å². The number of nitrogens with two attached hydrogens (primary N) is 1. The van der Waals surface area contributed by atoms with Gasteiger partial charge >= 0.3 is 5.97 Å². The van der Waals surface area contributed by atoms with Gasteiger partial charge in [-0.3, -0.25) is 5.10 Å². The monoisotopic (exact) mass is 287 g/mol. The minimum absolute atomic E-state index is 0.104. The number of aryl methyl sites for hydroxylation is 1. The summed E-state index contributed by atoms with van der Waals surface area (Å²) in [5.41, 5.74) is 6.51. The molecule has 0 fully saturated rings. The molecule has 0 amide bonds. The number of nitrogens with one attached hydrogen (secondary N) is 2. The summed E-state index contributed by atoms with van der Waals surface area (Å²) in [6, 6.07) is 2.00. The molecule has 0 atom stereocenters. The number of H-pyrrole nitrogens is 1. The molecule has 5 N–H and O–H groups in total. The van der Waals surface area contributed by atoms with Gasteiger partial charge < -0.3 is 16.2 Å². The Morgan fingerprint density at radius 2 is 2.29 bits per heavy atom. The fourth-order valence-corrected chi connectivity index (χ4v) is 1.71. The third-order valence-corrected chi connectivity index (χ3v) is 2.76. The second kappa shape index (κ2) is 6.33. The van der Waals surface area contributed by atoms with Gasteiger partial charge in [0.15, 0.2) is 11.5 Å². The van der Waals surface area contributed by atoms with Crippen molar-refractivity contribution in [2.45, 2.75) is 12.8 Å². The second-order valence-electron chi connectivity index (χ2n) is 4.20. The molecule has 0 saturated carbocycles. The number of nitrogens with zero attached hydrogens (tertiary/aromatic N) is 4. The predicted molar refractivity (Wildman–Crippen MR) is 73.5 cm³/mol. The molecule has 9 nitrogen and oxygen atoms in total. The van der Waals surface area contributed by atoms with E-state index < -0.39 is 5.97 Å². The SMILES string of the molecule is N#Cc1c(N)n[nH]c1CCCNc1cnc(C(=O)O)cn1. The standard InChI is InChI=1S/C12H13N7O2/c13-4-7-8(18-19-11(7)14)2-1-3-15-10-6-16-9(5-17-10)12(20)21/h5-6H,1-3H2,(H,15,17)(H,20,21)(H3,14,18,19). The van der Waals surface area contributed by atoms with Gasteiger partial charge in [0.25, 0.3) is 0 Å². The zero-order chi connectivity index (χ0) is 15.2. The van der Waals surface area contributed by atoms with Crippen LogP contribution in [0.1, 0.15) is 28.2 Å². The lowest BCUT2D eigenvalue weighted by atomic mass is 10.1. The summed E-state index contributed by atoms with van der Waals surface area (Å²) in [5, 5.41) is 27.1. The largest absolute Gasteiger partial charge is 0.476 e. The van der Waals surface area contributed by atoms with Crippen molar-refractivity contribution in [2.75, 3.05) is 17.6 Å². The predicted octanol–water partition coefficient (Wildman–Crippen LogP) is 0.396. The number of carboxylic acids is 1. The van der Waals surface area contributed by atoms with Crippen molar-refractivity contribution < 1.29 is 9.90 Å². The van der Waals surface area contributed by atoms with Crippen molar-refractivity contribution in [2.24, 2.45) is 0 Å². The number of carboxylic acid groups (broad SMARTS) is 1. The van der Waals surface area contributed by atoms with Crippen molar-refractivity contribution >= 4 is 17.6 Å². The van der Waals surface area contributed by atoms with Crippen molar-refractivity contribution in [3.8, 4) is 6.07 Å². The number of hydrogen-bond acceptors (Lipinski definition) is 7. The maximum atomic E-state index is 10.6. The highest BCUT2D eigenvalue weighted by Gasteiger charge is 2.09. The minimum atomic E-state index is -1.12. The summed E-state index contributed by atoms with van der Waals surface area (Å²) < 4.78 is 0. The second-order valence-corrected chi connectivity index (χ2v) is 4.20. The first kappa shape index (κ1) is 14.3. The summed E-state index contributed by atoms with van der Waals surface area (Å²) in [4.78, 5) is 18.3. The van der Waals surface area contributed by atoms with Gasteiger partial charge in [0.1, 0.15) is 17.5 Å². The molecule has 0 aliphatic heterocycles. The summed E-state index contributed by atoms with van der Waals surface area (Å²) in [6.45, 7) is 0.588. The Morgan fingerprint density at radius 3 is 2.90 bits per heavy atom. The van der Waals surface area contributed by atoms with Crippen LogP contribution in [0.3, 0.4) is 0 Å². The topological polar surface area (TPSA) is 154 Å². The number of nitrogen functional groups attached to an aromatic ring is 1. The van der Waals surface area contributed by atoms with E-state index in [-0.39, 0.29) is 11.5 Å². The number of carbonyl (C=O) groups is 1. The molecule has 0 spiro atoms. The lowest BCUT2D eigenvalue weighted by molar-refractivity contribution is 0.0690. The summed E-state index contributed by atoms with van der Waals surface area (Å²) >= 11 is 0. The molecule has 21 heavy (non-hydrogen) atoms. The highest BCUT2D eigenvalue weighted by molar-refractivity contribution is 5.84. The minimum Gasteiger partial charge on any atom is -0.476 e. The number of anilines is 2. The normalized spacial score (nSPS) is 10.0. The van der Waals surface area contributed by atoms with Crippen LogP contribution in [0.4, 0.5) is 11.6 Å². The quantitative estimate of drug-likeness (QED) is 0.556. The molecule has 2 rings (SSSR count). The highest BCUT2D eigenvalue weighted by atomic mass is 16.4. The van der Waals surface area contributed by atoms with Gasteiger partial charge in [0, 0.05) is 6.54 Å². The molecule has 0 radical (unpaired) electrons. The van der Waals surface area contributed by atoms with Crippen LogP contribution < -0.4 is 11.1 Å². The van der Waals surface area contributed by atoms with Crippen LogP contribution in [0.5, 0.6) is 0 Å². The summed E-state index contributed by atoms with van der Waals surface area (Å²) in [6.07, 6.45) is 3.88. The van der Waals surface area contributed by atoms with Gasteiger partial charge in [0.2, 0.25) is 0 Å². The van der Waals surface area contributed by atoms with Crippen LogP contribution in [0.15, 0.2) is 12.4 Å². The molecular formula is C12H13N7O2. The molecule has 0 aliphatic carbocycles. The molecule has 0 bridgehead atoms. The van der Waals surface area contributed by atoms with Crippen molar-refractivity contribution in [3.63, 3.8) is 0 Å². The van der Waals surface area contributed by atoms with Gasteiger partial charge in [-0.1, -0.05) is 0 Å². The van der Waals surface area contributed by atoms with Crippen molar-refractivity contribution in [3.05, 3.63) is 29.3 Å². The van der Waals surface area contributed by atoms with Gasteiger partial charge in [0.05, 0.1) is 18.1 Å². The Morgan fingerprint density at radius 1 is 1.48 bits per heavy atom. The molecule has 9 heteroatoms. The average molecular weight is 287 g/mol. The Balaban J connectivity index is 1.82. The van der Waals surface area contributed by atoms with E-state index in [1.807, 2.05) is 6.07 Å². The molecule has 108 valence electrons. The molecular weight excluding hydrogens is 274 g/mol. The Hall–Kier alpha value is -3.15. The zero-order valence-corrected chi connectivity index (χ0v) is 11.0. The first-order chi connectivity index (χ1) is 10.1. The van der Waals surface area contributed by atoms with Crippen LogP contribution in [-0.2, 0) is 6.42 Å². The van der Waals surface area contributed by atoms with E-state index in [2.05, 4.69) is 25.5 Å². The Kier molecular flexibility index (Phi) is 4.30. The third kappa shape index (κ3) is 3.44.